The topological polar surface area (TPSA) is 41.9 Å². The molecule has 3 rings (SSSR count). The highest BCUT2D eigenvalue weighted by molar-refractivity contribution is 5.85. The number of nitrogens with zero attached hydrogens (tertiary/aromatic N) is 1. The van der Waals surface area contributed by atoms with Crippen molar-refractivity contribution in [1.82, 2.24) is 4.90 Å². The monoisotopic (exact) mass is 419 g/mol. The van der Waals surface area contributed by atoms with Crippen LogP contribution in [0.4, 0.5) is 0 Å². The SMILES string of the molecule is CCOc1ccc(C(O)(C(C)C)C(CN2CCOCC2)c2ccccc2)cc1.Cl. The van der Waals surface area contributed by atoms with Gasteiger partial charge in [0.25, 0.3) is 0 Å². The van der Waals surface area contributed by atoms with Gasteiger partial charge in [0.05, 0.1) is 25.4 Å². The maximum Gasteiger partial charge on any atom is 0.119 e. The minimum Gasteiger partial charge on any atom is -0.494 e. The van der Waals surface area contributed by atoms with Crippen molar-refractivity contribution in [2.45, 2.75) is 32.3 Å². The van der Waals surface area contributed by atoms with Gasteiger partial charge in [-0.1, -0.05) is 56.3 Å². The number of rotatable bonds is 8. The Morgan fingerprint density at radius 2 is 1.66 bits per heavy atom. The summed E-state index contributed by atoms with van der Waals surface area (Å²) in [5.41, 5.74) is 1.12. The first-order valence-electron chi connectivity index (χ1n) is 10.4. The van der Waals surface area contributed by atoms with E-state index in [0.717, 1.165) is 44.2 Å². The summed E-state index contributed by atoms with van der Waals surface area (Å²) in [6.45, 7) is 10.9. The van der Waals surface area contributed by atoms with Crippen molar-refractivity contribution in [1.29, 1.82) is 0 Å². The molecule has 1 N–H and O–H groups in total. The lowest BCUT2D eigenvalue weighted by atomic mass is 9.70. The van der Waals surface area contributed by atoms with E-state index >= 15 is 0 Å². The van der Waals surface area contributed by atoms with E-state index in [0.29, 0.717) is 6.61 Å². The van der Waals surface area contributed by atoms with Crippen LogP contribution in [0.3, 0.4) is 0 Å². The fourth-order valence-electron chi connectivity index (χ4n) is 4.15. The van der Waals surface area contributed by atoms with Crippen LogP contribution in [-0.2, 0) is 10.3 Å². The van der Waals surface area contributed by atoms with Gasteiger partial charge in [-0.3, -0.25) is 4.90 Å². The molecule has 0 radical (unpaired) electrons. The van der Waals surface area contributed by atoms with Crippen LogP contribution in [0.1, 0.15) is 37.8 Å². The lowest BCUT2D eigenvalue weighted by molar-refractivity contribution is -0.0547. The first kappa shape index (κ1) is 23.7. The highest BCUT2D eigenvalue weighted by atomic mass is 35.5. The molecule has 1 aliphatic rings. The highest BCUT2D eigenvalue weighted by Crippen LogP contribution is 2.43. The van der Waals surface area contributed by atoms with Crippen LogP contribution in [-0.4, -0.2) is 49.5 Å². The average Bonchev–Trinajstić information content (AvgIpc) is 2.73. The summed E-state index contributed by atoms with van der Waals surface area (Å²) in [6.07, 6.45) is 0. The summed E-state index contributed by atoms with van der Waals surface area (Å²) in [5, 5.41) is 12.1. The maximum atomic E-state index is 12.1. The van der Waals surface area contributed by atoms with Gasteiger partial charge in [-0.25, -0.2) is 0 Å². The third-order valence-corrected chi connectivity index (χ3v) is 5.79. The molecule has 0 aliphatic carbocycles. The fourth-order valence-corrected chi connectivity index (χ4v) is 4.15. The van der Waals surface area contributed by atoms with E-state index in [9.17, 15) is 5.11 Å². The molecular weight excluding hydrogens is 386 g/mol. The Kier molecular flexibility index (Phi) is 8.97. The van der Waals surface area contributed by atoms with Crippen LogP contribution in [0.25, 0.3) is 0 Å². The van der Waals surface area contributed by atoms with E-state index in [1.807, 2.05) is 37.3 Å². The van der Waals surface area contributed by atoms with E-state index < -0.39 is 5.60 Å². The van der Waals surface area contributed by atoms with Crippen LogP contribution in [0, 0.1) is 5.92 Å². The van der Waals surface area contributed by atoms with Crippen molar-refractivity contribution in [3.05, 3.63) is 65.7 Å². The van der Waals surface area contributed by atoms with Crippen LogP contribution in [0.15, 0.2) is 54.6 Å². The maximum absolute atomic E-state index is 12.1. The first-order valence-corrected chi connectivity index (χ1v) is 10.4. The summed E-state index contributed by atoms with van der Waals surface area (Å²) in [5.74, 6) is 0.850. The molecule has 2 aromatic rings. The average molecular weight is 420 g/mol. The number of hydrogen-bond acceptors (Lipinski definition) is 4. The Hall–Kier alpha value is -1.59. The number of benzene rings is 2. The molecule has 1 aliphatic heterocycles. The van der Waals surface area contributed by atoms with E-state index in [1.165, 1.54) is 5.56 Å². The molecule has 1 saturated heterocycles. The molecule has 29 heavy (non-hydrogen) atoms. The molecule has 1 fully saturated rings. The van der Waals surface area contributed by atoms with Crippen LogP contribution in [0.2, 0.25) is 0 Å². The zero-order valence-corrected chi connectivity index (χ0v) is 18.5. The lowest BCUT2D eigenvalue weighted by Crippen LogP contribution is -2.47. The highest BCUT2D eigenvalue weighted by Gasteiger charge is 2.43. The summed E-state index contributed by atoms with van der Waals surface area (Å²) >= 11 is 0. The summed E-state index contributed by atoms with van der Waals surface area (Å²) in [7, 11) is 0. The second kappa shape index (κ2) is 11.0. The standard InChI is InChI=1S/C24H33NO3.ClH/c1-4-28-22-12-10-21(11-13-22)24(26,19(2)3)23(20-8-6-5-7-9-20)18-25-14-16-27-17-15-25;/h5-13,19,23,26H,4,14-18H2,1-3H3;1H. The molecule has 0 amide bonds. The second-order valence-electron chi connectivity index (χ2n) is 7.81. The van der Waals surface area contributed by atoms with E-state index in [-0.39, 0.29) is 24.2 Å². The van der Waals surface area contributed by atoms with Crippen molar-refractivity contribution < 1.29 is 14.6 Å². The smallest absolute Gasteiger partial charge is 0.119 e. The van der Waals surface area contributed by atoms with Gasteiger partial charge in [0, 0.05) is 25.6 Å². The summed E-state index contributed by atoms with van der Waals surface area (Å²) in [4.78, 5) is 2.41. The van der Waals surface area contributed by atoms with Gasteiger partial charge in [0.1, 0.15) is 5.75 Å². The Balaban J connectivity index is 0.00000300. The van der Waals surface area contributed by atoms with Crippen molar-refractivity contribution in [2.24, 2.45) is 5.92 Å². The largest absolute Gasteiger partial charge is 0.494 e. The van der Waals surface area contributed by atoms with Crippen molar-refractivity contribution >= 4 is 12.4 Å². The molecule has 0 saturated carbocycles. The van der Waals surface area contributed by atoms with Crippen LogP contribution in [0.5, 0.6) is 5.75 Å². The molecule has 0 aromatic heterocycles. The minimum absolute atomic E-state index is 0. The predicted molar refractivity (Wildman–Crippen MR) is 120 cm³/mol. The lowest BCUT2D eigenvalue weighted by Gasteiger charge is -2.43. The Bertz CT molecular complexity index is 717. The molecular formula is C24H34ClNO3. The van der Waals surface area contributed by atoms with Crippen LogP contribution >= 0.6 is 12.4 Å². The van der Waals surface area contributed by atoms with Crippen molar-refractivity contribution in [2.75, 3.05) is 39.5 Å². The molecule has 5 heteroatoms. The van der Waals surface area contributed by atoms with Gasteiger partial charge in [-0.2, -0.15) is 0 Å². The summed E-state index contributed by atoms with van der Waals surface area (Å²) < 4.78 is 11.1. The Morgan fingerprint density at radius 3 is 2.21 bits per heavy atom. The normalized spacial score (nSPS) is 18.0. The third-order valence-electron chi connectivity index (χ3n) is 5.79. The van der Waals surface area contributed by atoms with Crippen molar-refractivity contribution in [3.63, 3.8) is 0 Å². The fraction of sp³-hybridized carbons (Fsp3) is 0.500. The molecule has 4 nitrogen and oxygen atoms in total. The molecule has 0 spiro atoms. The van der Waals surface area contributed by atoms with Gasteiger partial charge >= 0.3 is 0 Å². The summed E-state index contributed by atoms with van der Waals surface area (Å²) in [6, 6.07) is 18.4. The second-order valence-corrected chi connectivity index (χ2v) is 7.81. The van der Waals surface area contributed by atoms with E-state index in [1.54, 1.807) is 0 Å². The Labute approximate surface area is 181 Å². The number of ether oxygens (including phenoxy) is 2. The molecule has 1 heterocycles. The predicted octanol–water partition coefficient (Wildman–Crippen LogP) is 4.47. The minimum atomic E-state index is -0.982. The van der Waals surface area contributed by atoms with Crippen LogP contribution < -0.4 is 4.74 Å². The van der Waals surface area contributed by atoms with Gasteiger partial charge in [0.15, 0.2) is 0 Å². The zero-order chi connectivity index (χ0) is 20.0. The van der Waals surface area contributed by atoms with Gasteiger partial charge in [-0.15, -0.1) is 12.4 Å². The Morgan fingerprint density at radius 1 is 1.03 bits per heavy atom. The number of halogens is 1. The molecule has 2 atom stereocenters. The van der Waals surface area contributed by atoms with E-state index in [4.69, 9.17) is 9.47 Å². The van der Waals surface area contributed by atoms with Gasteiger partial charge in [-0.05, 0) is 36.1 Å². The number of aliphatic hydroxyl groups is 1. The molecule has 2 aromatic carbocycles. The number of hydrogen-bond donors (Lipinski definition) is 1. The molecule has 0 bridgehead atoms. The quantitative estimate of drug-likeness (QED) is 0.685. The van der Waals surface area contributed by atoms with E-state index in [2.05, 4.69) is 43.0 Å². The molecule has 160 valence electrons. The zero-order valence-electron chi connectivity index (χ0n) is 17.7. The molecule has 2 unspecified atom stereocenters. The van der Waals surface area contributed by atoms with Crippen molar-refractivity contribution in [3.8, 4) is 5.75 Å². The van der Waals surface area contributed by atoms with Gasteiger partial charge < -0.3 is 14.6 Å². The number of morpholine rings is 1. The first-order chi connectivity index (χ1) is 13.6. The van der Waals surface area contributed by atoms with Gasteiger partial charge in [0.2, 0.25) is 0 Å². The third kappa shape index (κ3) is 5.52.